The van der Waals surface area contributed by atoms with Crippen LogP contribution in [0.1, 0.15) is 12.8 Å². The highest BCUT2D eigenvalue weighted by molar-refractivity contribution is 5.78. The number of carbonyl (C=O) groups excluding carboxylic acids is 1. The van der Waals surface area contributed by atoms with E-state index in [2.05, 4.69) is 15.3 Å². The Morgan fingerprint density at radius 3 is 3.00 bits per heavy atom. The van der Waals surface area contributed by atoms with Gasteiger partial charge in [-0.1, -0.05) is 5.11 Å². The fourth-order valence-electron chi connectivity index (χ4n) is 1.09. The van der Waals surface area contributed by atoms with E-state index in [0.29, 0.717) is 25.7 Å². The second kappa shape index (κ2) is 5.47. The average Bonchev–Trinajstić information content (AvgIpc) is 2.88. The van der Waals surface area contributed by atoms with E-state index in [1.165, 1.54) is 0 Å². The third-order valence-corrected chi connectivity index (χ3v) is 2.00. The summed E-state index contributed by atoms with van der Waals surface area (Å²) in [7, 11) is 1.83. The van der Waals surface area contributed by atoms with Crippen LogP contribution in [-0.2, 0) is 4.79 Å². The summed E-state index contributed by atoms with van der Waals surface area (Å²) >= 11 is 0. The van der Waals surface area contributed by atoms with E-state index < -0.39 is 0 Å². The Morgan fingerprint density at radius 2 is 2.43 bits per heavy atom. The lowest BCUT2D eigenvalue weighted by Crippen LogP contribution is -2.37. The van der Waals surface area contributed by atoms with Gasteiger partial charge in [-0.05, 0) is 25.4 Å². The van der Waals surface area contributed by atoms with E-state index in [1.807, 2.05) is 11.9 Å². The van der Waals surface area contributed by atoms with Crippen molar-refractivity contribution in [1.82, 2.24) is 10.2 Å². The third kappa shape index (κ3) is 4.69. The maximum Gasteiger partial charge on any atom is 0.234 e. The monoisotopic (exact) mass is 197 g/mol. The first-order chi connectivity index (χ1) is 6.72. The topological polar surface area (TPSA) is 81.1 Å². The lowest BCUT2D eigenvalue weighted by Gasteiger charge is -2.14. The van der Waals surface area contributed by atoms with Crippen LogP contribution in [0.4, 0.5) is 0 Å². The Kier molecular flexibility index (Phi) is 4.22. The van der Waals surface area contributed by atoms with Crippen molar-refractivity contribution < 1.29 is 4.79 Å². The maximum absolute atomic E-state index is 11.3. The van der Waals surface area contributed by atoms with Crippen LogP contribution in [-0.4, -0.2) is 43.5 Å². The number of nitrogens with zero attached hydrogens (tertiary/aromatic N) is 4. The van der Waals surface area contributed by atoms with Gasteiger partial charge < -0.3 is 5.32 Å². The molecule has 0 aromatic rings. The third-order valence-electron chi connectivity index (χ3n) is 2.00. The molecule has 1 fully saturated rings. The summed E-state index contributed by atoms with van der Waals surface area (Å²) < 4.78 is 0. The van der Waals surface area contributed by atoms with Crippen LogP contribution >= 0.6 is 0 Å². The second-order valence-electron chi connectivity index (χ2n) is 3.53. The standard InChI is InChI=1S/C8H15N5O/c1-13(5-4-10-12-9)6-8(14)11-7-2-3-7/h7H,2-6H2,1H3,(H,11,14). The van der Waals surface area contributed by atoms with Crippen molar-refractivity contribution in [2.24, 2.45) is 5.11 Å². The van der Waals surface area contributed by atoms with Crippen LogP contribution < -0.4 is 5.32 Å². The number of carbonyl (C=O) groups is 1. The molecular weight excluding hydrogens is 182 g/mol. The Balaban J connectivity index is 2.08. The SMILES string of the molecule is CN(CCN=[N+]=[N-])CC(=O)NC1CC1. The predicted molar refractivity (Wildman–Crippen MR) is 52.7 cm³/mol. The van der Waals surface area contributed by atoms with Crippen LogP contribution in [0.2, 0.25) is 0 Å². The zero-order valence-corrected chi connectivity index (χ0v) is 8.31. The molecule has 14 heavy (non-hydrogen) atoms. The number of nitrogens with one attached hydrogen (secondary N) is 1. The summed E-state index contributed by atoms with van der Waals surface area (Å²) in [5.74, 6) is 0.0518. The van der Waals surface area contributed by atoms with Crippen LogP contribution in [0.25, 0.3) is 10.4 Å². The zero-order valence-electron chi connectivity index (χ0n) is 8.31. The van der Waals surface area contributed by atoms with Crippen molar-refractivity contribution in [3.8, 4) is 0 Å². The largest absolute Gasteiger partial charge is 0.352 e. The molecule has 1 aliphatic rings. The Morgan fingerprint density at radius 1 is 1.71 bits per heavy atom. The quantitative estimate of drug-likeness (QED) is 0.382. The van der Waals surface area contributed by atoms with Crippen molar-refractivity contribution in [2.45, 2.75) is 18.9 Å². The fourth-order valence-corrected chi connectivity index (χ4v) is 1.09. The van der Waals surface area contributed by atoms with Gasteiger partial charge in [0, 0.05) is 24.0 Å². The van der Waals surface area contributed by atoms with Crippen molar-refractivity contribution >= 4 is 5.91 Å². The summed E-state index contributed by atoms with van der Waals surface area (Å²) in [4.78, 5) is 15.8. The van der Waals surface area contributed by atoms with E-state index >= 15 is 0 Å². The first-order valence-electron chi connectivity index (χ1n) is 4.71. The van der Waals surface area contributed by atoms with Crippen LogP contribution in [0.3, 0.4) is 0 Å². The van der Waals surface area contributed by atoms with Gasteiger partial charge in [0.25, 0.3) is 0 Å². The minimum absolute atomic E-state index is 0.0518. The van der Waals surface area contributed by atoms with Gasteiger partial charge in [-0.2, -0.15) is 0 Å². The summed E-state index contributed by atoms with van der Waals surface area (Å²) in [5.41, 5.74) is 8.05. The fraction of sp³-hybridized carbons (Fsp3) is 0.875. The number of hydrogen-bond donors (Lipinski definition) is 1. The van der Waals surface area contributed by atoms with Gasteiger partial charge in [0.2, 0.25) is 5.91 Å². The molecule has 6 heteroatoms. The van der Waals surface area contributed by atoms with Gasteiger partial charge >= 0.3 is 0 Å². The number of azide groups is 1. The van der Waals surface area contributed by atoms with E-state index in [-0.39, 0.29) is 5.91 Å². The zero-order chi connectivity index (χ0) is 10.4. The van der Waals surface area contributed by atoms with Crippen LogP contribution in [0, 0.1) is 0 Å². The van der Waals surface area contributed by atoms with E-state index in [9.17, 15) is 4.79 Å². The summed E-state index contributed by atoms with van der Waals surface area (Å²) in [6, 6.07) is 0.410. The van der Waals surface area contributed by atoms with Crippen LogP contribution in [0.15, 0.2) is 5.11 Å². The summed E-state index contributed by atoms with van der Waals surface area (Å²) in [5, 5.41) is 6.29. The molecule has 0 aromatic carbocycles. The lowest BCUT2D eigenvalue weighted by atomic mass is 10.4. The minimum Gasteiger partial charge on any atom is -0.352 e. The molecule has 1 saturated carbocycles. The molecule has 0 radical (unpaired) electrons. The number of likely N-dealkylation sites (N-methyl/N-ethyl adjacent to an activating group) is 1. The van der Waals surface area contributed by atoms with Gasteiger partial charge in [-0.15, -0.1) is 0 Å². The van der Waals surface area contributed by atoms with Crippen LogP contribution in [0.5, 0.6) is 0 Å². The highest BCUT2D eigenvalue weighted by Crippen LogP contribution is 2.18. The van der Waals surface area contributed by atoms with Gasteiger partial charge in [0.05, 0.1) is 6.54 Å². The molecule has 6 nitrogen and oxygen atoms in total. The molecule has 0 saturated heterocycles. The molecule has 0 aromatic heterocycles. The van der Waals surface area contributed by atoms with Crippen molar-refractivity contribution in [3.05, 3.63) is 10.4 Å². The first kappa shape index (κ1) is 10.8. The molecule has 1 aliphatic carbocycles. The van der Waals surface area contributed by atoms with E-state index in [4.69, 9.17) is 5.53 Å². The Bertz CT molecular complexity index is 244. The van der Waals surface area contributed by atoms with Crippen molar-refractivity contribution in [3.63, 3.8) is 0 Å². The lowest BCUT2D eigenvalue weighted by molar-refractivity contribution is -0.122. The van der Waals surface area contributed by atoms with Gasteiger partial charge in [0.1, 0.15) is 0 Å². The molecule has 1 rings (SSSR count). The Labute approximate surface area is 82.9 Å². The number of hydrogen-bond acceptors (Lipinski definition) is 3. The molecule has 0 heterocycles. The molecule has 0 bridgehead atoms. The predicted octanol–water partition coefficient (Wildman–Crippen LogP) is 0.507. The molecule has 0 aliphatic heterocycles. The van der Waals surface area contributed by atoms with E-state index in [0.717, 1.165) is 12.8 Å². The highest BCUT2D eigenvalue weighted by Gasteiger charge is 2.23. The van der Waals surface area contributed by atoms with Gasteiger partial charge in [0.15, 0.2) is 0 Å². The molecule has 0 atom stereocenters. The smallest absolute Gasteiger partial charge is 0.234 e. The molecule has 78 valence electrons. The van der Waals surface area contributed by atoms with E-state index in [1.54, 1.807) is 0 Å². The van der Waals surface area contributed by atoms with Gasteiger partial charge in [-0.3, -0.25) is 9.69 Å². The maximum atomic E-state index is 11.3. The number of rotatable bonds is 6. The summed E-state index contributed by atoms with van der Waals surface area (Å²) in [6.45, 7) is 1.39. The molecule has 1 N–H and O–H groups in total. The summed E-state index contributed by atoms with van der Waals surface area (Å²) in [6.07, 6.45) is 2.21. The van der Waals surface area contributed by atoms with Crippen molar-refractivity contribution in [2.75, 3.05) is 26.7 Å². The molecule has 0 spiro atoms. The average molecular weight is 197 g/mol. The molecule has 0 unspecified atom stereocenters. The van der Waals surface area contributed by atoms with Gasteiger partial charge in [-0.25, -0.2) is 0 Å². The first-order valence-corrected chi connectivity index (χ1v) is 4.71. The highest BCUT2D eigenvalue weighted by atomic mass is 16.2. The molecule has 1 amide bonds. The van der Waals surface area contributed by atoms with Crippen molar-refractivity contribution in [1.29, 1.82) is 0 Å². The number of amides is 1. The second-order valence-corrected chi connectivity index (χ2v) is 3.53. The molecular formula is C8H15N5O. The minimum atomic E-state index is 0.0518. The Hall–Kier alpha value is -1.26. The normalized spacial score (nSPS) is 15.0.